The van der Waals surface area contributed by atoms with Crippen molar-refractivity contribution in [3.63, 3.8) is 0 Å². The second kappa shape index (κ2) is 4.95. The van der Waals surface area contributed by atoms with E-state index in [1.807, 2.05) is 0 Å². The third-order valence-electron chi connectivity index (χ3n) is 3.74. The van der Waals surface area contributed by atoms with Crippen LogP contribution in [0.2, 0.25) is 0 Å². The van der Waals surface area contributed by atoms with Crippen molar-refractivity contribution in [2.24, 2.45) is 0 Å². The lowest BCUT2D eigenvalue weighted by molar-refractivity contribution is 0.391. The average molecular weight is 240 g/mol. The van der Waals surface area contributed by atoms with Crippen LogP contribution < -0.4 is 4.48 Å². The van der Waals surface area contributed by atoms with Gasteiger partial charge in [-0.2, -0.15) is 0 Å². The number of hydrogen-bond acceptors (Lipinski definition) is 0. The van der Waals surface area contributed by atoms with Gasteiger partial charge in [0, 0.05) is 5.56 Å². The summed E-state index contributed by atoms with van der Waals surface area (Å²) in [7, 11) is 4.52. The Kier molecular flexibility index (Phi) is 3.53. The Morgan fingerprint density at radius 1 is 0.833 bits per heavy atom. The molecule has 0 heterocycles. The van der Waals surface area contributed by atoms with Crippen molar-refractivity contribution < 1.29 is 0 Å². The second-order valence-corrected chi connectivity index (χ2v) is 5.54. The van der Waals surface area contributed by atoms with Gasteiger partial charge in [-0.1, -0.05) is 36.4 Å². The molecule has 0 spiro atoms. The molecule has 0 N–H and O–H groups in total. The predicted octanol–water partition coefficient (Wildman–Crippen LogP) is 4.07. The Bertz CT molecular complexity index is 527. The molecule has 0 saturated heterocycles. The number of rotatable bonds is 3. The van der Waals surface area contributed by atoms with Crippen molar-refractivity contribution >= 4 is 5.69 Å². The van der Waals surface area contributed by atoms with E-state index >= 15 is 0 Å². The zero-order valence-electron chi connectivity index (χ0n) is 11.8. The Balaban J connectivity index is 2.31. The quantitative estimate of drug-likeness (QED) is 0.709. The molecular formula is C17H22N+. The highest BCUT2D eigenvalue weighted by atomic mass is 15.3. The molecular weight excluding hydrogens is 218 g/mol. The third-order valence-corrected chi connectivity index (χ3v) is 3.74. The number of nitrogens with zero attached hydrogens (tertiary/aromatic N) is 1. The monoisotopic (exact) mass is 240 g/mol. The lowest BCUT2D eigenvalue weighted by atomic mass is 10.0. The number of para-hydroxylation sites is 1. The Morgan fingerprint density at radius 2 is 1.50 bits per heavy atom. The summed E-state index contributed by atoms with van der Waals surface area (Å²) in [6, 6.07) is 17.3. The Hall–Kier alpha value is -1.60. The molecule has 1 heteroatoms. The summed E-state index contributed by atoms with van der Waals surface area (Å²) in [4.78, 5) is 0. The molecule has 2 aromatic carbocycles. The Morgan fingerprint density at radius 3 is 2.17 bits per heavy atom. The number of benzene rings is 2. The summed E-state index contributed by atoms with van der Waals surface area (Å²) >= 11 is 0. The van der Waals surface area contributed by atoms with E-state index in [0.29, 0.717) is 0 Å². The van der Waals surface area contributed by atoms with Crippen molar-refractivity contribution in [3.05, 3.63) is 65.2 Å². The van der Waals surface area contributed by atoms with Gasteiger partial charge in [-0.3, -0.25) is 4.48 Å². The summed E-state index contributed by atoms with van der Waals surface area (Å²) in [5, 5.41) is 0. The lowest BCUT2D eigenvalue weighted by Gasteiger charge is -2.30. The van der Waals surface area contributed by atoms with Crippen LogP contribution in [0.1, 0.15) is 16.7 Å². The van der Waals surface area contributed by atoms with Crippen LogP contribution in [0.15, 0.2) is 48.5 Å². The fraction of sp³-hybridized carbons (Fsp3) is 0.294. The molecule has 0 atom stereocenters. The SMILES string of the molecule is Cc1cccc(C[N+](C)(C)c2ccccc2)c1C. The first kappa shape index (κ1) is 12.8. The minimum atomic E-state index is 0.880. The molecule has 0 radical (unpaired) electrons. The van der Waals surface area contributed by atoms with Crippen molar-refractivity contribution in [2.75, 3.05) is 14.1 Å². The van der Waals surface area contributed by atoms with E-state index in [1.54, 1.807) is 0 Å². The molecule has 0 saturated carbocycles. The van der Waals surface area contributed by atoms with Gasteiger partial charge >= 0.3 is 0 Å². The first-order valence-corrected chi connectivity index (χ1v) is 6.44. The van der Waals surface area contributed by atoms with Crippen molar-refractivity contribution in [1.82, 2.24) is 4.48 Å². The van der Waals surface area contributed by atoms with Gasteiger partial charge in [-0.25, -0.2) is 0 Å². The van der Waals surface area contributed by atoms with Crippen LogP contribution in [0, 0.1) is 13.8 Å². The maximum absolute atomic E-state index is 2.26. The second-order valence-electron chi connectivity index (χ2n) is 5.54. The Labute approximate surface area is 110 Å². The van der Waals surface area contributed by atoms with Crippen LogP contribution in [-0.4, -0.2) is 14.1 Å². The van der Waals surface area contributed by atoms with Crippen LogP contribution >= 0.6 is 0 Å². The topological polar surface area (TPSA) is 0 Å². The van der Waals surface area contributed by atoms with Gasteiger partial charge in [0.05, 0.1) is 14.1 Å². The maximum Gasteiger partial charge on any atom is 0.132 e. The first-order valence-electron chi connectivity index (χ1n) is 6.44. The van der Waals surface area contributed by atoms with Crippen molar-refractivity contribution in [3.8, 4) is 0 Å². The van der Waals surface area contributed by atoms with Gasteiger partial charge in [0.15, 0.2) is 0 Å². The van der Waals surface area contributed by atoms with Crippen LogP contribution in [0.3, 0.4) is 0 Å². The number of aryl methyl sites for hydroxylation is 1. The van der Waals surface area contributed by atoms with Gasteiger partial charge in [-0.05, 0) is 37.1 Å². The highest BCUT2D eigenvalue weighted by Gasteiger charge is 2.20. The van der Waals surface area contributed by atoms with Gasteiger partial charge in [0.2, 0.25) is 0 Å². The van der Waals surface area contributed by atoms with Gasteiger partial charge in [-0.15, -0.1) is 0 Å². The molecule has 0 aliphatic carbocycles. The first-order chi connectivity index (χ1) is 8.50. The molecule has 18 heavy (non-hydrogen) atoms. The molecule has 0 amide bonds. The number of quaternary nitrogens is 1. The van der Waals surface area contributed by atoms with E-state index in [2.05, 4.69) is 76.5 Å². The largest absolute Gasteiger partial charge is 0.292 e. The average Bonchev–Trinajstić information content (AvgIpc) is 2.36. The van der Waals surface area contributed by atoms with Crippen LogP contribution in [0.4, 0.5) is 5.69 Å². The normalized spacial score (nSPS) is 11.6. The lowest BCUT2D eigenvalue weighted by Crippen LogP contribution is -2.39. The summed E-state index contributed by atoms with van der Waals surface area (Å²) in [5.41, 5.74) is 5.57. The summed E-state index contributed by atoms with van der Waals surface area (Å²) in [5.74, 6) is 0. The molecule has 94 valence electrons. The van der Waals surface area contributed by atoms with Crippen LogP contribution in [0.25, 0.3) is 0 Å². The zero-order chi connectivity index (χ0) is 13.2. The summed E-state index contributed by atoms with van der Waals surface area (Å²) in [6.45, 7) is 5.43. The molecule has 0 bridgehead atoms. The van der Waals surface area contributed by atoms with Crippen molar-refractivity contribution in [1.29, 1.82) is 0 Å². The van der Waals surface area contributed by atoms with E-state index < -0.39 is 0 Å². The molecule has 0 aliphatic rings. The van der Waals surface area contributed by atoms with E-state index in [1.165, 1.54) is 22.4 Å². The fourth-order valence-corrected chi connectivity index (χ4v) is 2.33. The van der Waals surface area contributed by atoms with Crippen LogP contribution in [-0.2, 0) is 6.54 Å². The molecule has 0 unspecified atom stereocenters. The maximum atomic E-state index is 2.26. The predicted molar refractivity (Wildman–Crippen MR) is 79.7 cm³/mol. The number of hydrogen-bond donors (Lipinski definition) is 0. The van der Waals surface area contributed by atoms with Gasteiger partial charge < -0.3 is 0 Å². The van der Waals surface area contributed by atoms with Gasteiger partial charge in [0.1, 0.15) is 12.2 Å². The smallest absolute Gasteiger partial charge is 0.132 e. The van der Waals surface area contributed by atoms with Crippen molar-refractivity contribution in [2.45, 2.75) is 20.4 Å². The highest BCUT2D eigenvalue weighted by Crippen LogP contribution is 2.23. The van der Waals surface area contributed by atoms with E-state index in [-0.39, 0.29) is 0 Å². The fourth-order valence-electron chi connectivity index (χ4n) is 2.33. The van der Waals surface area contributed by atoms with E-state index in [9.17, 15) is 0 Å². The molecule has 0 fully saturated rings. The minimum absolute atomic E-state index is 0.880. The molecule has 0 aromatic heterocycles. The standard InChI is InChI=1S/C17H22N/c1-14-9-8-10-16(15(14)2)13-18(3,4)17-11-6-5-7-12-17/h5-12H,13H2,1-4H3/q+1. The third kappa shape index (κ3) is 2.62. The molecule has 1 nitrogen and oxygen atoms in total. The van der Waals surface area contributed by atoms with Crippen LogP contribution in [0.5, 0.6) is 0 Å². The zero-order valence-corrected chi connectivity index (χ0v) is 11.8. The molecule has 0 aliphatic heterocycles. The summed E-state index contributed by atoms with van der Waals surface area (Å²) in [6.07, 6.45) is 0. The molecule has 2 rings (SSSR count). The van der Waals surface area contributed by atoms with Gasteiger partial charge in [0.25, 0.3) is 0 Å². The highest BCUT2D eigenvalue weighted by molar-refractivity contribution is 5.43. The minimum Gasteiger partial charge on any atom is -0.292 e. The molecule has 2 aromatic rings. The van der Waals surface area contributed by atoms with E-state index in [0.717, 1.165) is 11.0 Å². The van der Waals surface area contributed by atoms with E-state index in [4.69, 9.17) is 0 Å². The summed E-state index contributed by atoms with van der Waals surface area (Å²) < 4.78 is 0.880.